The number of anilines is 1. The van der Waals surface area contributed by atoms with Crippen LogP contribution in [0.3, 0.4) is 0 Å². The Morgan fingerprint density at radius 2 is 1.72 bits per heavy atom. The van der Waals surface area contributed by atoms with Crippen LogP contribution in [0.2, 0.25) is 0 Å². The molecule has 1 saturated heterocycles. The second-order valence-corrected chi connectivity index (χ2v) is 8.96. The fourth-order valence-electron chi connectivity index (χ4n) is 5.46. The Bertz CT molecular complexity index is 1080. The Morgan fingerprint density at radius 1 is 1.06 bits per heavy atom. The molecule has 0 aromatic heterocycles. The molecule has 1 aliphatic heterocycles. The largest absolute Gasteiger partial charge is 0.497 e. The highest BCUT2D eigenvalue weighted by Gasteiger charge is 2.60. The van der Waals surface area contributed by atoms with Crippen LogP contribution in [0.5, 0.6) is 5.75 Å². The van der Waals surface area contributed by atoms with Gasteiger partial charge in [0.2, 0.25) is 17.7 Å². The maximum Gasteiger partial charge on any atom is 0.234 e. The number of hydrogen-bond acceptors (Lipinski definition) is 4. The highest BCUT2D eigenvalue weighted by molar-refractivity contribution is 6.07. The summed E-state index contributed by atoms with van der Waals surface area (Å²) in [7, 11) is 1.57. The van der Waals surface area contributed by atoms with Crippen LogP contribution in [0.1, 0.15) is 30.0 Å². The normalized spacial score (nSPS) is 26.4. The van der Waals surface area contributed by atoms with Gasteiger partial charge in [-0.15, -0.1) is 0 Å². The summed E-state index contributed by atoms with van der Waals surface area (Å²) in [5, 5.41) is 2.90. The van der Waals surface area contributed by atoms with Crippen molar-refractivity contribution in [2.24, 2.45) is 23.7 Å². The second kappa shape index (κ2) is 7.93. The number of imide groups is 1. The lowest BCUT2D eigenvalue weighted by atomic mass is 9.85. The molecule has 5 rings (SSSR count). The summed E-state index contributed by atoms with van der Waals surface area (Å²) in [6, 6.07) is 14.1. The first kappa shape index (κ1) is 20.5. The quantitative estimate of drug-likeness (QED) is 0.557. The molecule has 1 N–H and O–H groups in total. The number of rotatable bonds is 6. The first-order valence-corrected chi connectivity index (χ1v) is 11.0. The van der Waals surface area contributed by atoms with Gasteiger partial charge in [-0.25, -0.2) is 0 Å². The number of nitrogens with one attached hydrogen (secondary N) is 1. The summed E-state index contributed by atoms with van der Waals surface area (Å²) in [4.78, 5) is 41.2. The minimum absolute atomic E-state index is 0.0132. The SMILES string of the molecule is COc1cccc(C(CC(=O)Nc2ccc(C)cc2)N2C(=O)C3C4C=CC(C4)C3C2=O)c1. The summed E-state index contributed by atoms with van der Waals surface area (Å²) in [6.07, 6.45) is 5.01. The molecule has 3 amide bonds. The Labute approximate surface area is 187 Å². The molecule has 0 radical (unpaired) electrons. The molecule has 2 aromatic carbocycles. The number of amides is 3. The molecular formula is C26H26N2O4. The van der Waals surface area contributed by atoms with Crippen molar-refractivity contribution < 1.29 is 19.1 Å². The first-order chi connectivity index (χ1) is 15.5. The number of carbonyl (C=O) groups excluding carboxylic acids is 3. The zero-order valence-electron chi connectivity index (χ0n) is 18.2. The number of carbonyl (C=O) groups is 3. The second-order valence-electron chi connectivity index (χ2n) is 8.96. The third-order valence-corrected chi connectivity index (χ3v) is 7.01. The average Bonchev–Trinajstić information content (AvgIpc) is 3.48. The summed E-state index contributed by atoms with van der Waals surface area (Å²) in [5.74, 6) is -0.303. The van der Waals surface area contributed by atoms with Gasteiger partial charge in [-0.3, -0.25) is 19.3 Å². The van der Waals surface area contributed by atoms with E-state index in [0.717, 1.165) is 12.0 Å². The molecule has 2 aliphatic carbocycles. The van der Waals surface area contributed by atoms with Gasteiger partial charge in [0.1, 0.15) is 5.75 Å². The van der Waals surface area contributed by atoms with E-state index in [9.17, 15) is 14.4 Å². The van der Waals surface area contributed by atoms with Crippen LogP contribution in [-0.2, 0) is 14.4 Å². The third kappa shape index (κ3) is 3.40. The van der Waals surface area contributed by atoms with Crippen LogP contribution < -0.4 is 10.1 Å². The highest BCUT2D eigenvalue weighted by Crippen LogP contribution is 2.54. The number of fused-ring (bicyclic) bond motifs is 5. The fraction of sp³-hybridized carbons (Fsp3) is 0.346. The van der Waals surface area contributed by atoms with E-state index in [4.69, 9.17) is 4.74 Å². The first-order valence-electron chi connectivity index (χ1n) is 11.0. The van der Waals surface area contributed by atoms with E-state index < -0.39 is 6.04 Å². The number of ether oxygens (including phenoxy) is 1. The van der Waals surface area contributed by atoms with Gasteiger partial charge in [0, 0.05) is 5.69 Å². The van der Waals surface area contributed by atoms with E-state index in [-0.39, 0.29) is 47.8 Å². The monoisotopic (exact) mass is 430 g/mol. The van der Waals surface area contributed by atoms with E-state index in [0.29, 0.717) is 17.0 Å². The number of likely N-dealkylation sites (tertiary alicyclic amines) is 1. The van der Waals surface area contributed by atoms with Crippen molar-refractivity contribution in [3.05, 3.63) is 71.8 Å². The molecule has 6 nitrogen and oxygen atoms in total. The maximum absolute atomic E-state index is 13.4. The van der Waals surface area contributed by atoms with Crippen LogP contribution >= 0.6 is 0 Å². The summed E-state index contributed by atoms with van der Waals surface area (Å²) < 4.78 is 5.35. The molecule has 3 aliphatic rings. The fourth-order valence-corrected chi connectivity index (χ4v) is 5.46. The van der Waals surface area contributed by atoms with Gasteiger partial charge in [0.25, 0.3) is 0 Å². The van der Waals surface area contributed by atoms with Crippen molar-refractivity contribution in [2.45, 2.75) is 25.8 Å². The molecule has 164 valence electrons. The maximum atomic E-state index is 13.4. The van der Waals surface area contributed by atoms with E-state index in [1.807, 2.05) is 43.3 Å². The zero-order chi connectivity index (χ0) is 22.4. The topological polar surface area (TPSA) is 75.7 Å². The lowest BCUT2D eigenvalue weighted by molar-refractivity contribution is -0.144. The number of hydrogen-bond donors (Lipinski definition) is 1. The molecule has 5 unspecified atom stereocenters. The van der Waals surface area contributed by atoms with Crippen LogP contribution in [-0.4, -0.2) is 29.7 Å². The smallest absolute Gasteiger partial charge is 0.234 e. The number of methoxy groups -OCH3 is 1. The summed E-state index contributed by atoms with van der Waals surface area (Å²) >= 11 is 0. The number of aryl methyl sites for hydroxylation is 1. The van der Waals surface area contributed by atoms with Gasteiger partial charge in [-0.1, -0.05) is 42.0 Å². The van der Waals surface area contributed by atoms with Gasteiger partial charge in [-0.05, 0) is 55.0 Å². The minimum atomic E-state index is -0.680. The van der Waals surface area contributed by atoms with Crippen LogP contribution in [0.4, 0.5) is 5.69 Å². The van der Waals surface area contributed by atoms with Crippen LogP contribution in [0.15, 0.2) is 60.7 Å². The van der Waals surface area contributed by atoms with Crippen molar-refractivity contribution in [1.29, 1.82) is 0 Å². The van der Waals surface area contributed by atoms with Gasteiger partial charge in [0.15, 0.2) is 0 Å². The Kier molecular flexibility index (Phi) is 5.08. The van der Waals surface area contributed by atoms with Gasteiger partial charge >= 0.3 is 0 Å². The lowest BCUT2D eigenvalue weighted by Crippen LogP contribution is -2.38. The lowest BCUT2D eigenvalue weighted by Gasteiger charge is -2.28. The van der Waals surface area contributed by atoms with E-state index in [2.05, 4.69) is 17.5 Å². The zero-order valence-corrected chi connectivity index (χ0v) is 18.2. The summed E-state index contributed by atoms with van der Waals surface area (Å²) in [5.41, 5.74) is 2.49. The molecule has 0 spiro atoms. The van der Waals surface area contributed by atoms with Crippen molar-refractivity contribution in [1.82, 2.24) is 4.90 Å². The molecule has 2 bridgehead atoms. The number of nitrogens with zero attached hydrogens (tertiary/aromatic N) is 1. The molecule has 6 heteroatoms. The molecule has 5 atom stereocenters. The number of benzene rings is 2. The third-order valence-electron chi connectivity index (χ3n) is 7.01. The average molecular weight is 431 g/mol. The Balaban J connectivity index is 1.45. The molecule has 1 saturated carbocycles. The molecule has 1 heterocycles. The predicted octanol–water partition coefficient (Wildman–Crippen LogP) is 3.88. The van der Waals surface area contributed by atoms with Gasteiger partial charge in [-0.2, -0.15) is 0 Å². The van der Waals surface area contributed by atoms with Crippen molar-refractivity contribution in [3.8, 4) is 5.75 Å². The summed E-state index contributed by atoms with van der Waals surface area (Å²) in [6.45, 7) is 1.98. The molecular weight excluding hydrogens is 404 g/mol. The van der Waals surface area contributed by atoms with Crippen molar-refractivity contribution in [2.75, 3.05) is 12.4 Å². The van der Waals surface area contributed by atoms with Crippen molar-refractivity contribution >= 4 is 23.4 Å². The molecule has 2 aromatic rings. The van der Waals surface area contributed by atoms with Crippen LogP contribution in [0, 0.1) is 30.6 Å². The predicted molar refractivity (Wildman–Crippen MR) is 120 cm³/mol. The van der Waals surface area contributed by atoms with E-state index in [1.165, 1.54) is 4.90 Å². The Hall–Kier alpha value is -3.41. The highest BCUT2D eigenvalue weighted by atomic mass is 16.5. The molecule has 2 fully saturated rings. The van der Waals surface area contributed by atoms with E-state index >= 15 is 0 Å². The van der Waals surface area contributed by atoms with Gasteiger partial charge < -0.3 is 10.1 Å². The standard InChI is InChI=1S/C26H26N2O4/c1-15-6-10-19(11-7-15)27-22(29)14-21(16-4-3-5-20(13-16)32-2)28-25(30)23-17-8-9-18(12-17)24(23)26(28)31/h3-11,13,17-18,21,23-24H,12,14H2,1-2H3,(H,27,29). The van der Waals surface area contributed by atoms with Crippen LogP contribution in [0.25, 0.3) is 0 Å². The molecule has 32 heavy (non-hydrogen) atoms. The number of allylic oxidation sites excluding steroid dienone is 2. The van der Waals surface area contributed by atoms with Gasteiger partial charge in [0.05, 0.1) is 31.4 Å². The Morgan fingerprint density at radius 3 is 2.34 bits per heavy atom. The van der Waals surface area contributed by atoms with E-state index in [1.54, 1.807) is 19.2 Å². The van der Waals surface area contributed by atoms with Crippen molar-refractivity contribution in [3.63, 3.8) is 0 Å². The minimum Gasteiger partial charge on any atom is -0.497 e.